The number of hydrogen-bond acceptors (Lipinski definition) is 3. The third-order valence-corrected chi connectivity index (χ3v) is 4.91. The maximum Gasteiger partial charge on any atom is 0.228 e. The number of pyridine rings is 1. The van der Waals surface area contributed by atoms with E-state index in [4.69, 9.17) is 28.9 Å². The molecule has 1 fully saturated rings. The highest BCUT2D eigenvalue weighted by atomic mass is 35.5. The summed E-state index contributed by atoms with van der Waals surface area (Å²) in [4.78, 5) is 19.0. The van der Waals surface area contributed by atoms with Gasteiger partial charge in [0.25, 0.3) is 0 Å². The highest BCUT2D eigenvalue weighted by Crippen LogP contribution is 2.24. The molecule has 2 aromatic heterocycles. The van der Waals surface area contributed by atoms with E-state index in [0.29, 0.717) is 33.8 Å². The van der Waals surface area contributed by atoms with Crippen LogP contribution in [0.3, 0.4) is 0 Å². The second kappa shape index (κ2) is 9.28. The molecule has 2 unspecified atom stereocenters. The lowest BCUT2D eigenvalue weighted by Gasteiger charge is -2.38. The normalized spacial score (nSPS) is 20.1. The van der Waals surface area contributed by atoms with Crippen LogP contribution in [0.5, 0.6) is 0 Å². The van der Waals surface area contributed by atoms with Crippen LogP contribution in [0, 0.1) is 5.92 Å². The number of hydrogen-bond donors (Lipinski definition) is 1. The van der Waals surface area contributed by atoms with Crippen LogP contribution in [0.1, 0.15) is 25.5 Å². The SMILES string of the molecule is CC1CCN(C(=O)Cc2cn3cc(Cl)cc(Cl)c3n2)C(CN)C1.Cl.Cl. The lowest BCUT2D eigenvalue weighted by atomic mass is 9.92. The quantitative estimate of drug-likeness (QED) is 0.813. The number of imidazole rings is 1. The van der Waals surface area contributed by atoms with Crippen LogP contribution in [-0.4, -0.2) is 39.3 Å². The molecule has 0 aromatic carbocycles. The fourth-order valence-electron chi connectivity index (χ4n) is 3.22. The molecule has 2 N–H and O–H groups in total. The predicted octanol–water partition coefficient (Wildman–Crippen LogP) is 3.61. The van der Waals surface area contributed by atoms with Gasteiger partial charge in [-0.3, -0.25) is 4.79 Å². The number of likely N-dealkylation sites (tertiary alicyclic amines) is 1. The third kappa shape index (κ3) is 4.92. The van der Waals surface area contributed by atoms with Gasteiger partial charge in [0.05, 0.1) is 22.2 Å². The number of nitrogens with two attached hydrogens (primary N) is 1. The van der Waals surface area contributed by atoms with Gasteiger partial charge in [0.1, 0.15) is 0 Å². The van der Waals surface area contributed by atoms with Crippen LogP contribution in [-0.2, 0) is 11.2 Å². The van der Waals surface area contributed by atoms with E-state index in [2.05, 4.69) is 11.9 Å². The summed E-state index contributed by atoms with van der Waals surface area (Å²) in [6, 6.07) is 1.77. The molecule has 2 aromatic rings. The second-order valence-corrected chi connectivity index (χ2v) is 7.10. The van der Waals surface area contributed by atoms with Gasteiger partial charge in [0.2, 0.25) is 5.91 Å². The van der Waals surface area contributed by atoms with Gasteiger partial charge in [-0.2, -0.15) is 0 Å². The molecule has 5 nitrogen and oxygen atoms in total. The molecule has 140 valence electrons. The van der Waals surface area contributed by atoms with E-state index in [1.54, 1.807) is 22.9 Å². The summed E-state index contributed by atoms with van der Waals surface area (Å²) in [6.07, 6.45) is 5.77. The molecule has 1 saturated heterocycles. The Morgan fingerprint density at radius 1 is 1.36 bits per heavy atom. The zero-order valence-electron chi connectivity index (χ0n) is 13.8. The summed E-state index contributed by atoms with van der Waals surface area (Å²) >= 11 is 12.1. The zero-order chi connectivity index (χ0) is 16.6. The minimum absolute atomic E-state index is 0. The molecule has 3 heterocycles. The van der Waals surface area contributed by atoms with Gasteiger partial charge in [-0.25, -0.2) is 4.98 Å². The van der Waals surface area contributed by atoms with Crippen molar-refractivity contribution in [3.8, 4) is 0 Å². The summed E-state index contributed by atoms with van der Waals surface area (Å²) in [5.74, 6) is 0.682. The highest BCUT2D eigenvalue weighted by Gasteiger charge is 2.29. The maximum absolute atomic E-state index is 12.6. The minimum atomic E-state index is 0. The molecule has 0 radical (unpaired) electrons. The van der Waals surface area contributed by atoms with Gasteiger partial charge in [-0.05, 0) is 24.8 Å². The van der Waals surface area contributed by atoms with Crippen LogP contribution in [0.2, 0.25) is 10.0 Å². The first-order valence-electron chi connectivity index (χ1n) is 7.80. The molecule has 9 heteroatoms. The second-order valence-electron chi connectivity index (χ2n) is 6.25. The number of carbonyl (C=O) groups is 1. The van der Waals surface area contributed by atoms with Gasteiger partial charge >= 0.3 is 0 Å². The Labute approximate surface area is 169 Å². The van der Waals surface area contributed by atoms with Crippen LogP contribution < -0.4 is 5.73 Å². The number of amides is 1. The molecule has 1 amide bonds. The third-order valence-electron chi connectivity index (χ3n) is 4.43. The van der Waals surface area contributed by atoms with Crippen LogP contribution in [0.4, 0.5) is 0 Å². The molecular weight excluding hydrogens is 406 g/mol. The fourth-order valence-corrected chi connectivity index (χ4v) is 3.75. The number of nitrogens with zero attached hydrogens (tertiary/aromatic N) is 3. The van der Waals surface area contributed by atoms with Crippen molar-refractivity contribution in [1.82, 2.24) is 14.3 Å². The molecule has 1 aliphatic rings. The average Bonchev–Trinajstić information content (AvgIpc) is 2.89. The van der Waals surface area contributed by atoms with E-state index in [1.165, 1.54) is 0 Å². The molecule has 2 atom stereocenters. The van der Waals surface area contributed by atoms with Gasteiger partial charge in [0.15, 0.2) is 5.65 Å². The monoisotopic (exact) mass is 426 g/mol. The first-order valence-corrected chi connectivity index (χ1v) is 8.55. The van der Waals surface area contributed by atoms with Crippen molar-refractivity contribution in [2.75, 3.05) is 13.1 Å². The number of piperidine rings is 1. The Balaban J connectivity index is 0.00000156. The molecular formula is C16H22Cl4N4O. The molecule has 0 saturated carbocycles. The van der Waals surface area contributed by atoms with Crippen molar-refractivity contribution in [2.45, 2.75) is 32.2 Å². The van der Waals surface area contributed by atoms with Crippen LogP contribution >= 0.6 is 48.0 Å². The summed E-state index contributed by atoms with van der Waals surface area (Å²) in [7, 11) is 0. The summed E-state index contributed by atoms with van der Waals surface area (Å²) < 4.78 is 1.76. The number of fused-ring (bicyclic) bond motifs is 1. The molecule has 1 aliphatic heterocycles. The first kappa shape index (κ1) is 22.3. The Bertz CT molecular complexity index is 736. The predicted molar refractivity (Wildman–Crippen MR) is 106 cm³/mol. The van der Waals surface area contributed by atoms with Crippen molar-refractivity contribution in [3.63, 3.8) is 0 Å². The molecule has 0 bridgehead atoms. The van der Waals surface area contributed by atoms with Gasteiger partial charge in [-0.15, -0.1) is 24.8 Å². The lowest BCUT2D eigenvalue weighted by Crippen LogP contribution is -2.49. The van der Waals surface area contributed by atoms with Crippen molar-refractivity contribution < 1.29 is 4.79 Å². The number of rotatable bonds is 3. The number of halogens is 4. The Morgan fingerprint density at radius 3 is 2.76 bits per heavy atom. The van der Waals surface area contributed by atoms with E-state index >= 15 is 0 Å². The summed E-state index contributed by atoms with van der Waals surface area (Å²) in [5, 5.41) is 1.01. The fraction of sp³-hybridized carbons (Fsp3) is 0.500. The smallest absolute Gasteiger partial charge is 0.228 e. The van der Waals surface area contributed by atoms with E-state index in [-0.39, 0.29) is 43.2 Å². The van der Waals surface area contributed by atoms with Crippen molar-refractivity contribution in [1.29, 1.82) is 0 Å². The van der Waals surface area contributed by atoms with Gasteiger partial charge in [-0.1, -0.05) is 30.1 Å². The topological polar surface area (TPSA) is 63.6 Å². The summed E-state index contributed by atoms with van der Waals surface area (Å²) in [6.45, 7) is 3.48. The minimum Gasteiger partial charge on any atom is -0.338 e. The van der Waals surface area contributed by atoms with Gasteiger partial charge in [0, 0.05) is 31.5 Å². The molecule has 3 rings (SSSR count). The largest absolute Gasteiger partial charge is 0.338 e. The van der Waals surface area contributed by atoms with E-state index in [0.717, 1.165) is 19.4 Å². The van der Waals surface area contributed by atoms with Crippen molar-refractivity contribution in [2.24, 2.45) is 11.7 Å². The molecule has 0 aliphatic carbocycles. The maximum atomic E-state index is 12.6. The summed E-state index contributed by atoms with van der Waals surface area (Å²) in [5.41, 5.74) is 7.14. The standard InChI is InChI=1S/C16H20Cl2N4O.2ClH/c1-10-2-3-22(13(4-10)7-19)15(23)6-12-9-21-8-11(17)5-14(18)16(21)20-12;;/h5,8-10,13H,2-4,6-7,19H2,1H3;2*1H. The lowest BCUT2D eigenvalue weighted by molar-refractivity contribution is -0.134. The number of aromatic nitrogens is 2. The molecule has 25 heavy (non-hydrogen) atoms. The highest BCUT2D eigenvalue weighted by molar-refractivity contribution is 6.36. The van der Waals surface area contributed by atoms with E-state index in [9.17, 15) is 4.79 Å². The first-order chi connectivity index (χ1) is 11.0. The molecule has 0 spiro atoms. The van der Waals surface area contributed by atoms with E-state index < -0.39 is 0 Å². The van der Waals surface area contributed by atoms with Crippen molar-refractivity contribution in [3.05, 3.63) is 34.2 Å². The number of carbonyl (C=O) groups excluding carboxylic acids is 1. The average molecular weight is 428 g/mol. The zero-order valence-corrected chi connectivity index (χ0v) is 17.0. The Hall–Kier alpha value is -0.720. The Morgan fingerprint density at radius 2 is 2.08 bits per heavy atom. The van der Waals surface area contributed by atoms with Crippen LogP contribution in [0.15, 0.2) is 18.5 Å². The van der Waals surface area contributed by atoms with Crippen molar-refractivity contribution >= 4 is 59.6 Å². The van der Waals surface area contributed by atoms with Gasteiger partial charge < -0.3 is 15.0 Å². The Kier molecular flexibility index (Phi) is 8.29. The van der Waals surface area contributed by atoms with E-state index in [1.807, 2.05) is 4.90 Å². The van der Waals surface area contributed by atoms with Crippen LogP contribution in [0.25, 0.3) is 5.65 Å².